The van der Waals surface area contributed by atoms with Gasteiger partial charge in [-0.3, -0.25) is 0 Å². The van der Waals surface area contributed by atoms with Gasteiger partial charge in [0.25, 0.3) is 0 Å². The normalized spacial score (nSPS) is 17.0. The molecule has 0 spiro atoms. The minimum absolute atomic E-state index is 0.209. The molecular weight excluding hydrogens is 222 g/mol. The number of nitrogens with one attached hydrogen (secondary N) is 1. The summed E-state index contributed by atoms with van der Waals surface area (Å²) in [6, 6.07) is 0.297. The van der Waals surface area contributed by atoms with Gasteiger partial charge in [-0.05, 0) is 12.8 Å². The Morgan fingerprint density at radius 2 is 2.00 bits per heavy atom. The number of aromatic nitrogens is 3. The average molecular weight is 239 g/mol. The fourth-order valence-electron chi connectivity index (χ4n) is 1.76. The molecule has 0 radical (unpaired) electrons. The maximum absolute atomic E-state index is 9.46. The van der Waals surface area contributed by atoms with E-state index >= 15 is 0 Å². The Hall–Kier alpha value is -1.63. The summed E-state index contributed by atoms with van der Waals surface area (Å²) in [7, 11) is 3.27. The summed E-state index contributed by atoms with van der Waals surface area (Å²) in [6.45, 7) is 1.50. The maximum Gasteiger partial charge on any atom is 0.322 e. The molecule has 0 bridgehead atoms. The van der Waals surface area contributed by atoms with E-state index in [-0.39, 0.29) is 6.10 Å². The summed E-state index contributed by atoms with van der Waals surface area (Å²) >= 11 is 0. The predicted octanol–water partition coefficient (Wildman–Crippen LogP) is -0.117. The topological polar surface area (TPSA) is 83.4 Å². The van der Waals surface area contributed by atoms with Crippen molar-refractivity contribution in [2.45, 2.75) is 18.9 Å². The Kier molecular flexibility index (Phi) is 3.58. The van der Waals surface area contributed by atoms with Crippen molar-refractivity contribution in [3.8, 4) is 6.01 Å². The number of rotatable bonds is 3. The fourth-order valence-corrected chi connectivity index (χ4v) is 1.76. The Balaban J connectivity index is 2.19. The van der Waals surface area contributed by atoms with E-state index < -0.39 is 0 Å². The number of anilines is 2. The molecule has 0 saturated carbocycles. The Bertz CT molecular complexity index is 357. The minimum atomic E-state index is -0.209. The molecule has 1 aliphatic heterocycles. The van der Waals surface area contributed by atoms with Crippen LogP contribution in [-0.2, 0) is 0 Å². The van der Waals surface area contributed by atoms with E-state index in [2.05, 4.69) is 20.3 Å². The zero-order chi connectivity index (χ0) is 12.3. The molecule has 7 heteroatoms. The first kappa shape index (κ1) is 11.8. The number of aliphatic hydroxyl groups is 1. The van der Waals surface area contributed by atoms with Gasteiger partial charge in [0.2, 0.25) is 11.9 Å². The molecule has 17 heavy (non-hydrogen) atoms. The zero-order valence-corrected chi connectivity index (χ0v) is 10.1. The van der Waals surface area contributed by atoms with Gasteiger partial charge in [-0.25, -0.2) is 0 Å². The highest BCUT2D eigenvalue weighted by atomic mass is 16.5. The molecule has 0 aromatic carbocycles. The molecule has 0 atom stereocenters. The SMILES string of the molecule is CNc1nc(OC)nc(N2CCC(O)CC2)n1. The van der Waals surface area contributed by atoms with Crippen LogP contribution in [0.4, 0.5) is 11.9 Å². The summed E-state index contributed by atoms with van der Waals surface area (Å²) in [5, 5.41) is 12.3. The molecule has 0 unspecified atom stereocenters. The van der Waals surface area contributed by atoms with Gasteiger partial charge in [0.1, 0.15) is 0 Å². The van der Waals surface area contributed by atoms with Gasteiger partial charge in [0.05, 0.1) is 13.2 Å². The number of hydrogen-bond donors (Lipinski definition) is 2. The molecule has 1 fully saturated rings. The van der Waals surface area contributed by atoms with E-state index in [9.17, 15) is 5.11 Å². The Morgan fingerprint density at radius 3 is 2.59 bits per heavy atom. The molecule has 2 N–H and O–H groups in total. The molecule has 1 aromatic heterocycles. The molecule has 0 amide bonds. The molecule has 94 valence electrons. The second-order valence-electron chi connectivity index (χ2n) is 3.91. The number of hydrogen-bond acceptors (Lipinski definition) is 7. The van der Waals surface area contributed by atoms with E-state index in [4.69, 9.17) is 4.74 Å². The first-order chi connectivity index (χ1) is 8.22. The summed E-state index contributed by atoms with van der Waals surface area (Å²) in [6.07, 6.45) is 1.27. The number of methoxy groups -OCH3 is 1. The zero-order valence-electron chi connectivity index (χ0n) is 10.1. The van der Waals surface area contributed by atoms with Crippen LogP contribution in [0.15, 0.2) is 0 Å². The quantitative estimate of drug-likeness (QED) is 0.761. The molecule has 1 aromatic rings. The third-order valence-corrected chi connectivity index (χ3v) is 2.76. The van der Waals surface area contributed by atoms with Crippen molar-refractivity contribution < 1.29 is 9.84 Å². The maximum atomic E-state index is 9.46. The van der Waals surface area contributed by atoms with Crippen molar-refractivity contribution in [2.24, 2.45) is 0 Å². The monoisotopic (exact) mass is 239 g/mol. The summed E-state index contributed by atoms with van der Waals surface area (Å²) in [5.74, 6) is 1.08. The molecular formula is C10H17N5O2. The predicted molar refractivity (Wildman–Crippen MR) is 63.4 cm³/mol. The van der Waals surface area contributed by atoms with E-state index in [0.717, 1.165) is 25.9 Å². The summed E-state index contributed by atoms with van der Waals surface area (Å²) in [5.41, 5.74) is 0. The van der Waals surface area contributed by atoms with Crippen LogP contribution in [0.1, 0.15) is 12.8 Å². The van der Waals surface area contributed by atoms with Gasteiger partial charge in [-0.1, -0.05) is 0 Å². The van der Waals surface area contributed by atoms with Crippen LogP contribution in [0.25, 0.3) is 0 Å². The Morgan fingerprint density at radius 1 is 1.29 bits per heavy atom. The van der Waals surface area contributed by atoms with E-state index in [0.29, 0.717) is 17.9 Å². The van der Waals surface area contributed by atoms with Crippen molar-refractivity contribution in [1.82, 2.24) is 15.0 Å². The van der Waals surface area contributed by atoms with Gasteiger partial charge in [-0.15, -0.1) is 0 Å². The lowest BCUT2D eigenvalue weighted by molar-refractivity contribution is 0.145. The highest BCUT2D eigenvalue weighted by molar-refractivity contribution is 5.38. The lowest BCUT2D eigenvalue weighted by atomic mass is 10.1. The third kappa shape index (κ3) is 2.73. The van der Waals surface area contributed by atoms with Crippen molar-refractivity contribution in [3.63, 3.8) is 0 Å². The molecule has 0 aliphatic carbocycles. The number of piperidine rings is 1. The average Bonchev–Trinajstić information content (AvgIpc) is 2.39. The van der Waals surface area contributed by atoms with Gasteiger partial charge >= 0.3 is 6.01 Å². The number of ether oxygens (including phenoxy) is 1. The Labute approximate surface area is 99.9 Å². The van der Waals surface area contributed by atoms with Crippen LogP contribution in [0.3, 0.4) is 0 Å². The molecule has 1 aliphatic rings. The second kappa shape index (κ2) is 5.13. The lowest BCUT2D eigenvalue weighted by Crippen LogP contribution is -2.37. The van der Waals surface area contributed by atoms with Gasteiger partial charge in [0, 0.05) is 20.1 Å². The van der Waals surface area contributed by atoms with Crippen LogP contribution >= 0.6 is 0 Å². The molecule has 2 rings (SSSR count). The minimum Gasteiger partial charge on any atom is -0.467 e. The number of nitrogens with zero attached hydrogens (tertiary/aromatic N) is 4. The van der Waals surface area contributed by atoms with Gasteiger partial charge in [-0.2, -0.15) is 15.0 Å². The summed E-state index contributed by atoms with van der Waals surface area (Å²) in [4.78, 5) is 14.6. The smallest absolute Gasteiger partial charge is 0.322 e. The van der Waals surface area contributed by atoms with Crippen molar-refractivity contribution in [1.29, 1.82) is 0 Å². The van der Waals surface area contributed by atoms with Crippen LogP contribution in [0, 0.1) is 0 Å². The van der Waals surface area contributed by atoms with Gasteiger partial charge in [0.15, 0.2) is 0 Å². The van der Waals surface area contributed by atoms with Crippen LogP contribution in [0.2, 0.25) is 0 Å². The van der Waals surface area contributed by atoms with E-state index in [1.165, 1.54) is 7.11 Å². The highest BCUT2D eigenvalue weighted by Gasteiger charge is 2.20. The number of aliphatic hydroxyl groups excluding tert-OH is 1. The second-order valence-corrected chi connectivity index (χ2v) is 3.91. The van der Waals surface area contributed by atoms with Crippen LogP contribution in [0.5, 0.6) is 6.01 Å². The van der Waals surface area contributed by atoms with Gasteiger partial charge < -0.3 is 20.1 Å². The molecule has 1 saturated heterocycles. The fraction of sp³-hybridized carbons (Fsp3) is 0.700. The van der Waals surface area contributed by atoms with Crippen molar-refractivity contribution in [3.05, 3.63) is 0 Å². The first-order valence-corrected chi connectivity index (χ1v) is 5.63. The lowest BCUT2D eigenvalue weighted by Gasteiger charge is -2.29. The summed E-state index contributed by atoms with van der Waals surface area (Å²) < 4.78 is 5.03. The van der Waals surface area contributed by atoms with E-state index in [1.54, 1.807) is 7.05 Å². The molecule has 2 heterocycles. The largest absolute Gasteiger partial charge is 0.467 e. The third-order valence-electron chi connectivity index (χ3n) is 2.76. The van der Waals surface area contributed by atoms with Crippen LogP contribution in [-0.4, -0.2) is 53.4 Å². The van der Waals surface area contributed by atoms with E-state index in [1.807, 2.05) is 4.90 Å². The molecule has 7 nitrogen and oxygen atoms in total. The highest BCUT2D eigenvalue weighted by Crippen LogP contribution is 2.19. The standard InChI is InChI=1S/C10H17N5O2/c1-11-8-12-9(14-10(13-8)17-2)15-5-3-7(16)4-6-15/h7,16H,3-6H2,1-2H3,(H,11,12,13,14). The first-order valence-electron chi connectivity index (χ1n) is 5.63. The van der Waals surface area contributed by atoms with Crippen LogP contribution < -0.4 is 15.0 Å². The van der Waals surface area contributed by atoms with Crippen molar-refractivity contribution >= 4 is 11.9 Å². The van der Waals surface area contributed by atoms with Crippen molar-refractivity contribution in [2.75, 3.05) is 37.5 Å².